The predicted octanol–water partition coefficient (Wildman–Crippen LogP) is 4.27. The molecule has 1 aliphatic heterocycles. The molecular formula is C23H29N5O2. The molecule has 3 aromatic rings. The maximum absolute atomic E-state index is 10.5. The smallest absolute Gasteiger partial charge is 0.233 e. The third kappa shape index (κ3) is 3.89. The number of rotatable bonds is 4. The highest BCUT2D eigenvalue weighted by atomic mass is 16.5. The molecule has 7 heteroatoms. The second-order valence-corrected chi connectivity index (χ2v) is 9.31. The lowest BCUT2D eigenvalue weighted by molar-refractivity contribution is -0.0569. The number of H-pyrrole nitrogens is 1. The summed E-state index contributed by atoms with van der Waals surface area (Å²) in [6.45, 7) is 8.98. The van der Waals surface area contributed by atoms with E-state index in [4.69, 9.17) is 4.74 Å². The Morgan fingerprint density at radius 3 is 2.33 bits per heavy atom. The Bertz CT molecular complexity index is 995. The third-order valence-corrected chi connectivity index (χ3v) is 6.30. The van der Waals surface area contributed by atoms with Crippen LogP contribution in [0.2, 0.25) is 0 Å². The number of ether oxygens (including phenoxy) is 1. The van der Waals surface area contributed by atoms with E-state index in [1.165, 1.54) is 0 Å². The van der Waals surface area contributed by atoms with Crippen LogP contribution in [0.25, 0.3) is 22.4 Å². The molecule has 1 aliphatic rings. The van der Waals surface area contributed by atoms with E-state index >= 15 is 0 Å². The van der Waals surface area contributed by atoms with Gasteiger partial charge in [0.1, 0.15) is 11.9 Å². The van der Waals surface area contributed by atoms with Gasteiger partial charge in [-0.15, -0.1) is 10.2 Å². The van der Waals surface area contributed by atoms with E-state index in [1.807, 2.05) is 24.3 Å². The van der Waals surface area contributed by atoms with Crippen molar-refractivity contribution in [2.24, 2.45) is 0 Å². The summed E-state index contributed by atoms with van der Waals surface area (Å²) in [7, 11) is 2.18. The van der Waals surface area contributed by atoms with E-state index in [-0.39, 0.29) is 22.9 Å². The van der Waals surface area contributed by atoms with Gasteiger partial charge < -0.3 is 9.84 Å². The first-order valence-corrected chi connectivity index (χ1v) is 10.2. The largest absolute Gasteiger partial charge is 0.507 e. The Morgan fingerprint density at radius 2 is 1.77 bits per heavy atom. The van der Waals surface area contributed by atoms with Crippen LogP contribution in [0.4, 0.5) is 0 Å². The number of aromatic nitrogens is 4. The first-order chi connectivity index (χ1) is 14.2. The molecule has 2 aromatic heterocycles. The number of aromatic amines is 1. The summed E-state index contributed by atoms with van der Waals surface area (Å²) < 4.78 is 6.19. The van der Waals surface area contributed by atoms with E-state index in [0.29, 0.717) is 17.1 Å². The van der Waals surface area contributed by atoms with Crippen molar-refractivity contribution in [1.29, 1.82) is 0 Å². The van der Waals surface area contributed by atoms with Crippen molar-refractivity contribution >= 4 is 0 Å². The summed E-state index contributed by atoms with van der Waals surface area (Å²) >= 11 is 0. The number of nitrogens with zero attached hydrogens (tertiary/aromatic N) is 4. The van der Waals surface area contributed by atoms with Gasteiger partial charge in [0.2, 0.25) is 5.88 Å². The van der Waals surface area contributed by atoms with Crippen LogP contribution in [0, 0.1) is 0 Å². The number of likely N-dealkylation sites (tertiary alicyclic amines) is 1. The van der Waals surface area contributed by atoms with E-state index in [1.54, 1.807) is 18.5 Å². The van der Waals surface area contributed by atoms with Gasteiger partial charge in [-0.1, -0.05) is 6.07 Å². The SMILES string of the molecule is CN1C(C)(C)CC(Oc2ccc(-c3ccc(-c4cn[nH]c4)cc3O)nn2)CC1(C)C. The van der Waals surface area contributed by atoms with Crippen LogP contribution >= 0.6 is 0 Å². The lowest BCUT2D eigenvalue weighted by Crippen LogP contribution is -2.60. The molecule has 0 aliphatic carbocycles. The van der Waals surface area contributed by atoms with Crippen molar-refractivity contribution in [2.45, 2.75) is 57.7 Å². The number of piperidine rings is 1. The molecule has 158 valence electrons. The van der Waals surface area contributed by atoms with Crippen molar-refractivity contribution in [3.05, 3.63) is 42.7 Å². The molecule has 0 atom stereocenters. The number of phenols is 1. The van der Waals surface area contributed by atoms with E-state index in [9.17, 15) is 5.11 Å². The lowest BCUT2D eigenvalue weighted by atomic mass is 9.79. The lowest BCUT2D eigenvalue weighted by Gasteiger charge is -2.53. The second kappa shape index (κ2) is 7.40. The van der Waals surface area contributed by atoms with Crippen LogP contribution in [0.5, 0.6) is 11.6 Å². The zero-order chi connectivity index (χ0) is 21.5. The number of benzene rings is 1. The number of aromatic hydroxyl groups is 1. The first-order valence-electron chi connectivity index (χ1n) is 10.2. The average molecular weight is 408 g/mol. The molecule has 0 bridgehead atoms. The van der Waals surface area contributed by atoms with Crippen LogP contribution in [-0.2, 0) is 0 Å². The molecule has 7 nitrogen and oxygen atoms in total. The standard InChI is InChI=1S/C23H29N5O2/c1-22(2)11-17(12-23(3,4)28(22)5)30-21-9-8-19(26-27-21)18-7-6-15(10-20(18)29)16-13-24-25-14-16/h6-10,13-14,17,29H,11-12H2,1-5H3,(H,24,25). The molecule has 1 aromatic carbocycles. The third-order valence-electron chi connectivity index (χ3n) is 6.30. The first kappa shape index (κ1) is 20.3. The number of nitrogens with one attached hydrogen (secondary N) is 1. The minimum Gasteiger partial charge on any atom is -0.507 e. The van der Waals surface area contributed by atoms with Crippen molar-refractivity contribution in [3.8, 4) is 34.0 Å². The van der Waals surface area contributed by atoms with Crippen molar-refractivity contribution in [1.82, 2.24) is 25.3 Å². The van der Waals surface area contributed by atoms with Gasteiger partial charge in [0, 0.05) is 47.3 Å². The molecule has 2 N–H and O–H groups in total. The van der Waals surface area contributed by atoms with Gasteiger partial charge in [0.15, 0.2) is 0 Å². The zero-order valence-electron chi connectivity index (χ0n) is 18.2. The molecular weight excluding hydrogens is 378 g/mol. The van der Waals surface area contributed by atoms with Gasteiger partial charge in [0.05, 0.1) is 11.9 Å². The van der Waals surface area contributed by atoms with Crippen LogP contribution in [-0.4, -0.2) is 54.6 Å². The maximum Gasteiger partial charge on any atom is 0.233 e. The van der Waals surface area contributed by atoms with Gasteiger partial charge in [-0.05, 0) is 58.5 Å². The zero-order valence-corrected chi connectivity index (χ0v) is 18.2. The summed E-state index contributed by atoms with van der Waals surface area (Å²) in [4.78, 5) is 2.42. The summed E-state index contributed by atoms with van der Waals surface area (Å²) in [5.74, 6) is 0.657. The highest BCUT2D eigenvalue weighted by molar-refractivity contribution is 5.73. The van der Waals surface area contributed by atoms with Gasteiger partial charge in [-0.25, -0.2) is 0 Å². The van der Waals surface area contributed by atoms with Gasteiger partial charge in [-0.2, -0.15) is 5.10 Å². The number of hydrogen-bond acceptors (Lipinski definition) is 6. The summed E-state index contributed by atoms with van der Waals surface area (Å²) in [5.41, 5.74) is 3.11. The van der Waals surface area contributed by atoms with Crippen LogP contribution in [0.15, 0.2) is 42.7 Å². The molecule has 0 unspecified atom stereocenters. The molecule has 0 amide bonds. The van der Waals surface area contributed by atoms with E-state index in [2.05, 4.69) is 60.0 Å². The Balaban J connectivity index is 1.50. The van der Waals surface area contributed by atoms with Crippen LogP contribution in [0.3, 0.4) is 0 Å². The molecule has 0 spiro atoms. The Kier molecular flexibility index (Phi) is 5.02. The van der Waals surface area contributed by atoms with Crippen molar-refractivity contribution in [3.63, 3.8) is 0 Å². The minimum atomic E-state index is 0.0440. The van der Waals surface area contributed by atoms with Crippen molar-refractivity contribution < 1.29 is 9.84 Å². The monoisotopic (exact) mass is 407 g/mol. The fourth-order valence-electron chi connectivity index (χ4n) is 4.40. The molecule has 3 heterocycles. The van der Waals surface area contributed by atoms with Gasteiger partial charge in [0.25, 0.3) is 0 Å². The fraction of sp³-hybridized carbons (Fsp3) is 0.435. The highest BCUT2D eigenvalue weighted by Gasteiger charge is 2.44. The van der Waals surface area contributed by atoms with E-state index in [0.717, 1.165) is 24.0 Å². The summed E-state index contributed by atoms with van der Waals surface area (Å²) in [6.07, 6.45) is 5.42. The predicted molar refractivity (Wildman–Crippen MR) is 116 cm³/mol. The topological polar surface area (TPSA) is 87.2 Å². The van der Waals surface area contributed by atoms with Gasteiger partial charge in [-0.3, -0.25) is 10.00 Å². The average Bonchev–Trinajstić information content (AvgIpc) is 3.21. The van der Waals surface area contributed by atoms with Crippen LogP contribution in [0.1, 0.15) is 40.5 Å². The summed E-state index contributed by atoms with van der Waals surface area (Å²) in [6, 6.07) is 9.12. The number of hydrogen-bond donors (Lipinski definition) is 2. The second-order valence-electron chi connectivity index (χ2n) is 9.31. The molecule has 4 rings (SSSR count). The van der Waals surface area contributed by atoms with Crippen LogP contribution < -0.4 is 4.74 Å². The maximum atomic E-state index is 10.5. The summed E-state index contributed by atoms with van der Waals surface area (Å²) in [5, 5.41) is 25.8. The highest BCUT2D eigenvalue weighted by Crippen LogP contribution is 2.38. The fourth-order valence-corrected chi connectivity index (χ4v) is 4.40. The van der Waals surface area contributed by atoms with E-state index < -0.39 is 0 Å². The normalized spacial score (nSPS) is 19.0. The number of phenolic OH excluding ortho intramolecular Hbond substituents is 1. The minimum absolute atomic E-state index is 0.0440. The molecule has 1 fully saturated rings. The van der Waals surface area contributed by atoms with Gasteiger partial charge >= 0.3 is 0 Å². The molecule has 30 heavy (non-hydrogen) atoms. The molecule has 0 saturated carbocycles. The quantitative estimate of drug-likeness (QED) is 0.672. The Morgan fingerprint density at radius 1 is 1.03 bits per heavy atom. The molecule has 0 radical (unpaired) electrons. The Labute approximate surface area is 177 Å². The Hall–Kier alpha value is -2.93. The molecule has 1 saturated heterocycles. The van der Waals surface area contributed by atoms with Crippen molar-refractivity contribution in [2.75, 3.05) is 7.05 Å².